The Morgan fingerprint density at radius 1 is 1.50 bits per heavy atom. The van der Waals surface area contributed by atoms with Crippen LogP contribution in [0.3, 0.4) is 0 Å². The van der Waals surface area contributed by atoms with Crippen LogP contribution in [0.4, 0.5) is 0 Å². The SMILES string of the molecule is CC(NC(=O)C1CNCC1C)c1cccc(Br)c1. The van der Waals surface area contributed by atoms with Gasteiger partial charge in [-0.25, -0.2) is 0 Å². The number of hydrogen-bond donors (Lipinski definition) is 2. The van der Waals surface area contributed by atoms with Gasteiger partial charge in [0.15, 0.2) is 0 Å². The van der Waals surface area contributed by atoms with Crippen LogP contribution in [0, 0.1) is 11.8 Å². The summed E-state index contributed by atoms with van der Waals surface area (Å²) < 4.78 is 1.04. The second-order valence-electron chi connectivity index (χ2n) is 5.03. The maximum atomic E-state index is 12.2. The Balaban J connectivity index is 1.98. The molecule has 1 heterocycles. The zero-order valence-electron chi connectivity index (χ0n) is 10.7. The number of halogens is 1. The molecule has 0 saturated carbocycles. The first-order valence-electron chi connectivity index (χ1n) is 6.34. The van der Waals surface area contributed by atoms with Crippen molar-refractivity contribution in [3.8, 4) is 0 Å². The number of nitrogens with one attached hydrogen (secondary N) is 2. The largest absolute Gasteiger partial charge is 0.349 e. The van der Waals surface area contributed by atoms with Gasteiger partial charge in [-0.1, -0.05) is 35.0 Å². The van der Waals surface area contributed by atoms with Gasteiger partial charge in [-0.3, -0.25) is 4.79 Å². The Morgan fingerprint density at radius 3 is 2.89 bits per heavy atom. The minimum Gasteiger partial charge on any atom is -0.349 e. The summed E-state index contributed by atoms with van der Waals surface area (Å²) in [5, 5.41) is 6.35. The molecule has 98 valence electrons. The summed E-state index contributed by atoms with van der Waals surface area (Å²) in [6.07, 6.45) is 0. The molecule has 1 aliphatic heterocycles. The zero-order chi connectivity index (χ0) is 13.1. The molecule has 1 aromatic carbocycles. The minimum atomic E-state index is 0.0443. The van der Waals surface area contributed by atoms with Gasteiger partial charge in [0.25, 0.3) is 0 Å². The molecular formula is C14H19BrN2O. The van der Waals surface area contributed by atoms with E-state index in [0.29, 0.717) is 5.92 Å². The molecule has 18 heavy (non-hydrogen) atoms. The molecule has 2 rings (SSSR count). The Morgan fingerprint density at radius 2 is 2.28 bits per heavy atom. The highest BCUT2D eigenvalue weighted by molar-refractivity contribution is 9.10. The maximum absolute atomic E-state index is 12.2. The molecule has 3 unspecified atom stereocenters. The van der Waals surface area contributed by atoms with Crippen molar-refractivity contribution in [3.63, 3.8) is 0 Å². The topological polar surface area (TPSA) is 41.1 Å². The average molecular weight is 311 g/mol. The van der Waals surface area contributed by atoms with Crippen molar-refractivity contribution in [1.82, 2.24) is 10.6 Å². The van der Waals surface area contributed by atoms with Gasteiger partial charge in [-0.05, 0) is 37.1 Å². The van der Waals surface area contributed by atoms with E-state index in [-0.39, 0.29) is 17.9 Å². The molecule has 1 aromatic rings. The number of rotatable bonds is 3. The molecule has 0 radical (unpaired) electrons. The second kappa shape index (κ2) is 5.85. The summed E-state index contributed by atoms with van der Waals surface area (Å²) in [5.41, 5.74) is 1.12. The van der Waals surface area contributed by atoms with E-state index >= 15 is 0 Å². The van der Waals surface area contributed by atoms with Crippen LogP contribution in [0.5, 0.6) is 0 Å². The van der Waals surface area contributed by atoms with Crippen LogP contribution in [-0.4, -0.2) is 19.0 Å². The van der Waals surface area contributed by atoms with Crippen LogP contribution in [0.1, 0.15) is 25.5 Å². The van der Waals surface area contributed by atoms with E-state index in [1.54, 1.807) is 0 Å². The normalized spacial score (nSPS) is 24.8. The van der Waals surface area contributed by atoms with Gasteiger partial charge in [-0.2, -0.15) is 0 Å². The second-order valence-corrected chi connectivity index (χ2v) is 5.94. The van der Waals surface area contributed by atoms with E-state index in [1.807, 2.05) is 31.2 Å². The van der Waals surface area contributed by atoms with Crippen molar-refractivity contribution in [2.75, 3.05) is 13.1 Å². The number of amides is 1. The van der Waals surface area contributed by atoms with Crippen molar-refractivity contribution in [1.29, 1.82) is 0 Å². The van der Waals surface area contributed by atoms with Crippen LogP contribution in [0.2, 0.25) is 0 Å². The molecule has 3 atom stereocenters. The Kier molecular flexibility index (Phi) is 4.40. The van der Waals surface area contributed by atoms with E-state index in [4.69, 9.17) is 0 Å². The van der Waals surface area contributed by atoms with Crippen LogP contribution in [-0.2, 0) is 4.79 Å². The summed E-state index contributed by atoms with van der Waals surface area (Å²) in [6, 6.07) is 8.10. The lowest BCUT2D eigenvalue weighted by atomic mass is 9.96. The van der Waals surface area contributed by atoms with E-state index in [1.165, 1.54) is 0 Å². The molecule has 4 heteroatoms. The Labute approximate surface area is 116 Å². The van der Waals surface area contributed by atoms with Crippen LogP contribution in [0.25, 0.3) is 0 Å². The van der Waals surface area contributed by atoms with Gasteiger partial charge in [-0.15, -0.1) is 0 Å². The fourth-order valence-electron chi connectivity index (χ4n) is 2.34. The first-order chi connectivity index (χ1) is 8.58. The molecule has 2 N–H and O–H groups in total. The molecule has 3 nitrogen and oxygen atoms in total. The van der Waals surface area contributed by atoms with E-state index in [9.17, 15) is 4.79 Å². The van der Waals surface area contributed by atoms with Gasteiger partial charge in [0.2, 0.25) is 5.91 Å². The smallest absolute Gasteiger partial charge is 0.225 e. The molecule has 0 bridgehead atoms. The lowest BCUT2D eigenvalue weighted by molar-refractivity contribution is -0.126. The summed E-state index contributed by atoms with van der Waals surface area (Å²) in [4.78, 5) is 12.2. The third kappa shape index (κ3) is 3.12. The van der Waals surface area contributed by atoms with Crippen LogP contribution < -0.4 is 10.6 Å². The summed E-state index contributed by atoms with van der Waals surface area (Å²) >= 11 is 3.45. The Hall–Kier alpha value is -0.870. The van der Waals surface area contributed by atoms with Crippen molar-refractivity contribution in [3.05, 3.63) is 34.3 Å². The highest BCUT2D eigenvalue weighted by atomic mass is 79.9. The van der Waals surface area contributed by atoms with E-state index in [2.05, 4.69) is 33.5 Å². The Bertz CT molecular complexity index is 436. The molecule has 1 amide bonds. The first-order valence-corrected chi connectivity index (χ1v) is 7.14. The average Bonchev–Trinajstić information content (AvgIpc) is 2.75. The number of benzene rings is 1. The number of hydrogen-bond acceptors (Lipinski definition) is 2. The van der Waals surface area contributed by atoms with Crippen molar-refractivity contribution >= 4 is 21.8 Å². The molecular weight excluding hydrogens is 292 g/mol. The number of carbonyl (C=O) groups is 1. The summed E-state index contributed by atoms with van der Waals surface area (Å²) in [6.45, 7) is 5.86. The van der Waals surface area contributed by atoms with Gasteiger partial charge in [0.05, 0.1) is 12.0 Å². The zero-order valence-corrected chi connectivity index (χ0v) is 12.3. The molecule has 0 aromatic heterocycles. The van der Waals surface area contributed by atoms with E-state index in [0.717, 1.165) is 23.1 Å². The highest BCUT2D eigenvalue weighted by Crippen LogP contribution is 2.20. The predicted octanol–water partition coefficient (Wildman–Crippen LogP) is 2.48. The lowest BCUT2D eigenvalue weighted by Crippen LogP contribution is -2.35. The fraction of sp³-hybridized carbons (Fsp3) is 0.500. The molecule has 0 aliphatic carbocycles. The number of carbonyl (C=O) groups excluding carboxylic acids is 1. The third-order valence-electron chi connectivity index (χ3n) is 3.56. The van der Waals surface area contributed by atoms with Crippen molar-refractivity contribution in [2.45, 2.75) is 19.9 Å². The van der Waals surface area contributed by atoms with Crippen LogP contribution in [0.15, 0.2) is 28.7 Å². The highest BCUT2D eigenvalue weighted by Gasteiger charge is 2.30. The molecule has 1 aliphatic rings. The summed E-state index contributed by atoms with van der Waals surface area (Å²) in [5.74, 6) is 0.666. The molecule has 1 saturated heterocycles. The monoisotopic (exact) mass is 310 g/mol. The fourth-order valence-corrected chi connectivity index (χ4v) is 2.76. The standard InChI is InChI=1S/C14H19BrN2O/c1-9-7-16-8-13(9)14(18)17-10(2)11-4-3-5-12(15)6-11/h3-6,9-10,13,16H,7-8H2,1-2H3,(H,17,18). The first kappa shape index (κ1) is 13.6. The quantitative estimate of drug-likeness (QED) is 0.900. The van der Waals surface area contributed by atoms with Gasteiger partial charge < -0.3 is 10.6 Å². The third-order valence-corrected chi connectivity index (χ3v) is 4.05. The van der Waals surface area contributed by atoms with Gasteiger partial charge >= 0.3 is 0 Å². The van der Waals surface area contributed by atoms with Crippen molar-refractivity contribution < 1.29 is 4.79 Å². The lowest BCUT2D eigenvalue weighted by Gasteiger charge is -2.19. The van der Waals surface area contributed by atoms with Crippen LogP contribution >= 0.6 is 15.9 Å². The van der Waals surface area contributed by atoms with E-state index < -0.39 is 0 Å². The van der Waals surface area contributed by atoms with Gasteiger partial charge in [0, 0.05) is 11.0 Å². The predicted molar refractivity (Wildman–Crippen MR) is 76.2 cm³/mol. The molecule has 1 fully saturated rings. The van der Waals surface area contributed by atoms with Gasteiger partial charge in [0.1, 0.15) is 0 Å². The summed E-state index contributed by atoms with van der Waals surface area (Å²) in [7, 11) is 0. The maximum Gasteiger partial charge on any atom is 0.225 e. The minimum absolute atomic E-state index is 0.0443. The molecule has 0 spiro atoms. The van der Waals surface area contributed by atoms with Crippen molar-refractivity contribution in [2.24, 2.45) is 11.8 Å².